The summed E-state index contributed by atoms with van der Waals surface area (Å²) in [5.41, 5.74) is 3.51. The van der Waals surface area contributed by atoms with E-state index in [0.29, 0.717) is 6.04 Å². The second kappa shape index (κ2) is 4.88. The zero-order chi connectivity index (χ0) is 13.5. The van der Waals surface area contributed by atoms with Crippen molar-refractivity contribution >= 4 is 5.91 Å². The predicted molar refractivity (Wildman–Crippen MR) is 78.6 cm³/mol. The van der Waals surface area contributed by atoms with Crippen molar-refractivity contribution in [1.82, 2.24) is 10.6 Å². The molecule has 0 spiro atoms. The highest BCUT2D eigenvalue weighted by atomic mass is 16.1. The smallest absolute Gasteiger partial charge is 0.251 e. The number of nitrogens with one attached hydrogen (secondary N) is 2. The molecule has 0 saturated heterocycles. The minimum Gasteiger partial charge on any atom is -0.349 e. The molecule has 1 aromatic rings. The molecule has 3 aliphatic rings. The van der Waals surface area contributed by atoms with Crippen LogP contribution in [0.5, 0.6) is 0 Å². The van der Waals surface area contributed by atoms with Crippen LogP contribution in [-0.4, -0.2) is 18.5 Å². The van der Waals surface area contributed by atoms with Gasteiger partial charge in [-0.25, -0.2) is 0 Å². The summed E-state index contributed by atoms with van der Waals surface area (Å²) >= 11 is 0. The molecule has 2 bridgehead atoms. The Bertz CT molecular complexity index is 540. The molecule has 1 amide bonds. The molecule has 2 fully saturated rings. The third-order valence-electron chi connectivity index (χ3n) is 5.41. The molecule has 0 aromatic heterocycles. The topological polar surface area (TPSA) is 41.1 Å². The van der Waals surface area contributed by atoms with Crippen molar-refractivity contribution in [3.63, 3.8) is 0 Å². The summed E-state index contributed by atoms with van der Waals surface area (Å²) in [4.78, 5) is 12.4. The molecule has 2 aliphatic carbocycles. The number of rotatable bonds is 2. The van der Waals surface area contributed by atoms with Crippen molar-refractivity contribution in [3.8, 4) is 0 Å². The van der Waals surface area contributed by atoms with E-state index in [-0.39, 0.29) is 5.91 Å². The Balaban J connectivity index is 1.48. The van der Waals surface area contributed by atoms with Gasteiger partial charge in [-0.15, -0.1) is 0 Å². The van der Waals surface area contributed by atoms with Crippen LogP contribution in [0.1, 0.15) is 47.2 Å². The van der Waals surface area contributed by atoms with Crippen LogP contribution < -0.4 is 10.6 Å². The molecule has 3 heteroatoms. The van der Waals surface area contributed by atoms with Gasteiger partial charge >= 0.3 is 0 Å². The third kappa shape index (κ3) is 2.14. The lowest BCUT2D eigenvalue weighted by molar-refractivity contribution is 0.0923. The van der Waals surface area contributed by atoms with Crippen molar-refractivity contribution in [3.05, 3.63) is 34.9 Å². The molecule has 2 N–H and O–H groups in total. The quantitative estimate of drug-likeness (QED) is 0.865. The van der Waals surface area contributed by atoms with E-state index in [1.54, 1.807) is 0 Å². The Morgan fingerprint density at radius 2 is 2.15 bits per heavy atom. The fourth-order valence-electron chi connectivity index (χ4n) is 4.29. The molecule has 3 unspecified atom stereocenters. The van der Waals surface area contributed by atoms with Crippen molar-refractivity contribution in [2.24, 2.45) is 11.8 Å². The van der Waals surface area contributed by atoms with Gasteiger partial charge in [0.25, 0.3) is 5.91 Å². The van der Waals surface area contributed by atoms with Gasteiger partial charge in [0.05, 0.1) is 0 Å². The van der Waals surface area contributed by atoms with Gasteiger partial charge in [-0.2, -0.15) is 0 Å². The number of hydrogen-bond acceptors (Lipinski definition) is 2. The molecule has 2 saturated carbocycles. The maximum Gasteiger partial charge on any atom is 0.251 e. The van der Waals surface area contributed by atoms with Gasteiger partial charge in [-0.05, 0) is 67.3 Å². The number of amides is 1. The van der Waals surface area contributed by atoms with Crippen LogP contribution >= 0.6 is 0 Å². The van der Waals surface area contributed by atoms with Crippen LogP contribution in [-0.2, 0) is 13.0 Å². The summed E-state index contributed by atoms with van der Waals surface area (Å²) < 4.78 is 0. The van der Waals surface area contributed by atoms with E-state index in [2.05, 4.69) is 22.8 Å². The minimum atomic E-state index is 0.121. The summed E-state index contributed by atoms with van der Waals surface area (Å²) in [6, 6.07) is 6.62. The van der Waals surface area contributed by atoms with Crippen LogP contribution in [0.15, 0.2) is 18.2 Å². The number of carbonyl (C=O) groups excluding carboxylic acids is 1. The van der Waals surface area contributed by atoms with Crippen molar-refractivity contribution < 1.29 is 4.79 Å². The lowest BCUT2D eigenvalue weighted by atomic mass is 9.94. The highest BCUT2D eigenvalue weighted by molar-refractivity contribution is 5.94. The second-order valence-electron chi connectivity index (χ2n) is 6.67. The van der Waals surface area contributed by atoms with E-state index in [9.17, 15) is 4.79 Å². The zero-order valence-corrected chi connectivity index (χ0v) is 11.8. The highest BCUT2D eigenvalue weighted by Gasteiger charge is 2.40. The summed E-state index contributed by atoms with van der Waals surface area (Å²) in [5.74, 6) is 1.73. The Hall–Kier alpha value is -1.35. The zero-order valence-electron chi connectivity index (χ0n) is 11.8. The predicted octanol–water partition coefficient (Wildman–Crippen LogP) is 2.25. The van der Waals surface area contributed by atoms with Crippen LogP contribution in [0.4, 0.5) is 0 Å². The SMILES string of the molecule is O=C(NC1CC2CCC1C2)c1ccc2c(c1)CNCC2. The molecule has 106 valence electrons. The first-order chi connectivity index (χ1) is 9.79. The number of benzene rings is 1. The van der Waals surface area contributed by atoms with Gasteiger partial charge in [-0.1, -0.05) is 12.5 Å². The summed E-state index contributed by atoms with van der Waals surface area (Å²) in [7, 11) is 0. The Morgan fingerprint density at radius 3 is 2.95 bits per heavy atom. The van der Waals surface area contributed by atoms with Gasteiger partial charge < -0.3 is 10.6 Å². The number of carbonyl (C=O) groups is 1. The highest BCUT2D eigenvalue weighted by Crippen LogP contribution is 2.44. The normalized spacial score (nSPS) is 31.1. The maximum atomic E-state index is 12.4. The van der Waals surface area contributed by atoms with Crippen molar-refractivity contribution in [2.45, 2.75) is 44.7 Å². The Kier molecular flexibility index (Phi) is 3.03. The van der Waals surface area contributed by atoms with Gasteiger partial charge in [0, 0.05) is 18.2 Å². The number of fused-ring (bicyclic) bond motifs is 3. The van der Waals surface area contributed by atoms with Crippen LogP contribution in [0.3, 0.4) is 0 Å². The molecule has 1 aromatic carbocycles. The van der Waals surface area contributed by atoms with Crippen molar-refractivity contribution in [2.75, 3.05) is 6.54 Å². The van der Waals surface area contributed by atoms with E-state index >= 15 is 0 Å². The lowest BCUT2D eigenvalue weighted by Gasteiger charge is -2.23. The fraction of sp³-hybridized carbons (Fsp3) is 0.588. The third-order valence-corrected chi connectivity index (χ3v) is 5.41. The fourth-order valence-corrected chi connectivity index (χ4v) is 4.29. The number of hydrogen-bond donors (Lipinski definition) is 2. The lowest BCUT2D eigenvalue weighted by Crippen LogP contribution is -2.38. The van der Waals surface area contributed by atoms with Crippen molar-refractivity contribution in [1.29, 1.82) is 0 Å². The molecule has 1 heterocycles. The monoisotopic (exact) mass is 270 g/mol. The molecule has 0 radical (unpaired) electrons. The molecule has 3 nitrogen and oxygen atoms in total. The standard InChI is InChI=1S/C17H22N2O/c20-17(19-16-8-11-1-2-13(16)7-11)14-4-3-12-5-6-18-10-15(12)9-14/h3-4,9,11,13,16,18H,1-2,5-8,10H2,(H,19,20). The van der Waals surface area contributed by atoms with Gasteiger partial charge in [0.15, 0.2) is 0 Å². The first-order valence-electron chi connectivity index (χ1n) is 7.93. The summed E-state index contributed by atoms with van der Waals surface area (Å²) in [6.45, 7) is 1.94. The average molecular weight is 270 g/mol. The molecule has 3 atom stereocenters. The van der Waals surface area contributed by atoms with Crippen LogP contribution in [0.2, 0.25) is 0 Å². The van der Waals surface area contributed by atoms with Crippen LogP contribution in [0.25, 0.3) is 0 Å². The van der Waals surface area contributed by atoms with E-state index in [1.165, 1.54) is 36.8 Å². The molecular formula is C17H22N2O. The largest absolute Gasteiger partial charge is 0.349 e. The Morgan fingerprint density at radius 1 is 1.20 bits per heavy atom. The maximum absolute atomic E-state index is 12.4. The van der Waals surface area contributed by atoms with E-state index in [0.717, 1.165) is 36.9 Å². The second-order valence-corrected chi connectivity index (χ2v) is 6.67. The molecule has 4 rings (SSSR count). The van der Waals surface area contributed by atoms with E-state index in [1.807, 2.05) is 6.07 Å². The minimum absolute atomic E-state index is 0.121. The van der Waals surface area contributed by atoms with E-state index < -0.39 is 0 Å². The van der Waals surface area contributed by atoms with Gasteiger partial charge in [0.1, 0.15) is 0 Å². The molecule has 1 aliphatic heterocycles. The first-order valence-corrected chi connectivity index (χ1v) is 7.93. The Labute approximate surface area is 120 Å². The van der Waals surface area contributed by atoms with Gasteiger partial charge in [0.2, 0.25) is 0 Å². The summed E-state index contributed by atoms with van der Waals surface area (Å²) in [5, 5.41) is 6.64. The molecular weight excluding hydrogens is 248 g/mol. The summed E-state index contributed by atoms with van der Waals surface area (Å²) in [6.07, 6.45) is 6.29. The van der Waals surface area contributed by atoms with Crippen LogP contribution in [0, 0.1) is 11.8 Å². The van der Waals surface area contributed by atoms with E-state index in [4.69, 9.17) is 0 Å². The first kappa shape index (κ1) is 12.4. The average Bonchev–Trinajstić information content (AvgIpc) is 3.09. The van der Waals surface area contributed by atoms with Gasteiger partial charge in [-0.3, -0.25) is 4.79 Å². The molecule has 20 heavy (non-hydrogen) atoms.